The number of piperidine rings is 2. The van der Waals surface area contributed by atoms with Gasteiger partial charge in [0.2, 0.25) is 17.7 Å². The molecule has 9 nitrogen and oxygen atoms in total. The van der Waals surface area contributed by atoms with Crippen LogP contribution in [0.25, 0.3) is 0 Å². The van der Waals surface area contributed by atoms with Gasteiger partial charge in [-0.15, -0.1) is 0 Å². The van der Waals surface area contributed by atoms with Crippen molar-refractivity contribution in [1.29, 1.82) is 0 Å². The molecule has 1 aromatic rings. The SMILES string of the molecule is NC1CCN(C(=O)CCN2CCN(c3ccnc(C4CCC(=O)NC4=O)c3)CC2)CC1. The van der Waals surface area contributed by atoms with Gasteiger partial charge in [0.25, 0.3) is 0 Å². The summed E-state index contributed by atoms with van der Waals surface area (Å²) in [4.78, 5) is 47.0. The number of piperazine rings is 1. The van der Waals surface area contributed by atoms with E-state index in [9.17, 15) is 14.4 Å². The summed E-state index contributed by atoms with van der Waals surface area (Å²) in [6, 6.07) is 4.18. The summed E-state index contributed by atoms with van der Waals surface area (Å²) in [7, 11) is 0. The molecule has 0 bridgehead atoms. The molecule has 3 aliphatic rings. The molecule has 3 saturated heterocycles. The molecular weight excluding hydrogens is 396 g/mol. The lowest BCUT2D eigenvalue weighted by atomic mass is 9.94. The average Bonchev–Trinajstić information content (AvgIpc) is 2.78. The fraction of sp³-hybridized carbons (Fsp3) is 0.636. The zero-order chi connectivity index (χ0) is 21.8. The molecule has 0 aliphatic carbocycles. The molecule has 168 valence electrons. The van der Waals surface area contributed by atoms with Gasteiger partial charge >= 0.3 is 0 Å². The predicted octanol–water partition coefficient (Wildman–Crippen LogP) is 0.0636. The molecular formula is C22H32N6O3. The van der Waals surface area contributed by atoms with Gasteiger partial charge in [0, 0.05) is 76.6 Å². The molecule has 1 unspecified atom stereocenters. The lowest BCUT2D eigenvalue weighted by molar-refractivity contribution is -0.134. The number of nitrogens with two attached hydrogens (primary N) is 1. The highest BCUT2D eigenvalue weighted by atomic mass is 16.2. The van der Waals surface area contributed by atoms with E-state index in [0.717, 1.165) is 70.0 Å². The third-order valence-electron chi connectivity index (χ3n) is 6.63. The van der Waals surface area contributed by atoms with E-state index in [-0.39, 0.29) is 29.7 Å². The summed E-state index contributed by atoms with van der Waals surface area (Å²) < 4.78 is 0. The van der Waals surface area contributed by atoms with E-state index < -0.39 is 0 Å². The van der Waals surface area contributed by atoms with Crippen molar-refractivity contribution in [3.8, 4) is 0 Å². The molecule has 31 heavy (non-hydrogen) atoms. The number of anilines is 1. The summed E-state index contributed by atoms with van der Waals surface area (Å²) in [5, 5.41) is 2.41. The Bertz CT molecular complexity index is 815. The number of pyridine rings is 1. The Balaban J connectivity index is 1.26. The molecule has 3 aliphatic heterocycles. The van der Waals surface area contributed by atoms with Crippen LogP contribution in [0, 0.1) is 0 Å². The van der Waals surface area contributed by atoms with Gasteiger partial charge in [0.15, 0.2) is 0 Å². The Labute approximate surface area is 182 Å². The van der Waals surface area contributed by atoms with Crippen LogP contribution in [0.1, 0.15) is 43.7 Å². The standard InChI is InChI=1S/C22H32N6O3/c23-16-4-9-28(10-5-16)21(30)6-8-26-11-13-27(14-12-26)17-3-7-24-19(15-17)18-1-2-20(29)25-22(18)31/h3,7,15-16,18H,1-2,4-6,8-14,23H2,(H,25,29,31). The first-order chi connectivity index (χ1) is 15.0. The van der Waals surface area contributed by atoms with Gasteiger partial charge < -0.3 is 15.5 Å². The van der Waals surface area contributed by atoms with Crippen LogP contribution in [-0.4, -0.2) is 84.4 Å². The van der Waals surface area contributed by atoms with E-state index in [2.05, 4.69) is 20.1 Å². The Morgan fingerprint density at radius 3 is 2.55 bits per heavy atom. The van der Waals surface area contributed by atoms with Crippen molar-refractivity contribution in [3.05, 3.63) is 24.0 Å². The second kappa shape index (κ2) is 9.74. The first-order valence-electron chi connectivity index (χ1n) is 11.3. The van der Waals surface area contributed by atoms with Crippen molar-refractivity contribution in [3.63, 3.8) is 0 Å². The Kier molecular flexibility index (Phi) is 6.82. The first kappa shape index (κ1) is 21.7. The van der Waals surface area contributed by atoms with Crippen LogP contribution >= 0.6 is 0 Å². The number of hydrogen-bond acceptors (Lipinski definition) is 7. The molecule has 1 aromatic heterocycles. The Morgan fingerprint density at radius 1 is 1.10 bits per heavy atom. The van der Waals surface area contributed by atoms with Crippen LogP contribution in [0.2, 0.25) is 0 Å². The summed E-state index contributed by atoms with van der Waals surface area (Å²) in [5.74, 6) is -0.603. The average molecular weight is 429 g/mol. The van der Waals surface area contributed by atoms with Crippen LogP contribution in [0.15, 0.2) is 18.3 Å². The highest BCUT2D eigenvalue weighted by Crippen LogP contribution is 2.26. The number of amides is 3. The van der Waals surface area contributed by atoms with E-state index >= 15 is 0 Å². The van der Waals surface area contributed by atoms with Gasteiger partial charge in [-0.25, -0.2) is 0 Å². The highest BCUT2D eigenvalue weighted by Gasteiger charge is 2.29. The minimum Gasteiger partial charge on any atom is -0.369 e. The molecule has 3 N–H and O–H groups in total. The van der Waals surface area contributed by atoms with Crippen molar-refractivity contribution in [2.75, 3.05) is 50.7 Å². The number of rotatable bonds is 5. The largest absolute Gasteiger partial charge is 0.369 e. The molecule has 3 amide bonds. The number of carbonyl (C=O) groups excluding carboxylic acids is 3. The quantitative estimate of drug-likeness (QED) is 0.638. The van der Waals surface area contributed by atoms with Crippen LogP contribution in [0.5, 0.6) is 0 Å². The van der Waals surface area contributed by atoms with Crippen molar-refractivity contribution in [2.24, 2.45) is 5.73 Å². The van der Waals surface area contributed by atoms with Crippen molar-refractivity contribution < 1.29 is 14.4 Å². The first-order valence-corrected chi connectivity index (χ1v) is 11.3. The maximum atomic E-state index is 12.5. The smallest absolute Gasteiger partial charge is 0.235 e. The highest BCUT2D eigenvalue weighted by molar-refractivity contribution is 6.00. The van der Waals surface area contributed by atoms with Gasteiger partial charge in [-0.1, -0.05) is 0 Å². The molecule has 9 heteroatoms. The fourth-order valence-corrected chi connectivity index (χ4v) is 4.59. The Hall–Kier alpha value is -2.52. The second-order valence-electron chi connectivity index (χ2n) is 8.74. The van der Waals surface area contributed by atoms with Crippen LogP contribution < -0.4 is 16.0 Å². The lowest BCUT2D eigenvalue weighted by Gasteiger charge is -2.37. The van der Waals surface area contributed by atoms with Crippen molar-refractivity contribution in [1.82, 2.24) is 20.1 Å². The van der Waals surface area contributed by atoms with E-state index in [1.165, 1.54) is 0 Å². The number of likely N-dealkylation sites (tertiary alicyclic amines) is 1. The van der Waals surface area contributed by atoms with Gasteiger partial charge in [-0.3, -0.25) is 29.6 Å². The predicted molar refractivity (Wildman–Crippen MR) is 116 cm³/mol. The van der Waals surface area contributed by atoms with Crippen LogP contribution in [0.4, 0.5) is 5.69 Å². The molecule has 3 fully saturated rings. The molecule has 4 rings (SSSR count). The number of nitrogens with one attached hydrogen (secondary N) is 1. The van der Waals surface area contributed by atoms with Gasteiger partial charge in [0.05, 0.1) is 11.6 Å². The van der Waals surface area contributed by atoms with Crippen LogP contribution in [0.3, 0.4) is 0 Å². The van der Waals surface area contributed by atoms with E-state index in [4.69, 9.17) is 5.73 Å². The lowest BCUT2D eigenvalue weighted by Crippen LogP contribution is -2.48. The summed E-state index contributed by atoms with van der Waals surface area (Å²) >= 11 is 0. The molecule has 0 aromatic carbocycles. The molecule has 0 radical (unpaired) electrons. The van der Waals surface area contributed by atoms with Gasteiger partial charge in [0.1, 0.15) is 0 Å². The minimum atomic E-state index is -0.366. The maximum Gasteiger partial charge on any atom is 0.235 e. The van der Waals surface area contributed by atoms with Crippen molar-refractivity contribution in [2.45, 2.75) is 44.1 Å². The number of carbonyl (C=O) groups is 3. The molecule has 0 saturated carbocycles. The Morgan fingerprint density at radius 2 is 1.84 bits per heavy atom. The van der Waals surface area contributed by atoms with Crippen molar-refractivity contribution >= 4 is 23.4 Å². The van der Waals surface area contributed by atoms with E-state index in [0.29, 0.717) is 19.3 Å². The topological polar surface area (TPSA) is 112 Å². The number of hydrogen-bond donors (Lipinski definition) is 2. The normalized spacial score (nSPS) is 23.7. The maximum absolute atomic E-state index is 12.5. The summed E-state index contributed by atoms with van der Waals surface area (Å²) in [6.07, 6.45) is 4.96. The molecule has 4 heterocycles. The molecule has 0 spiro atoms. The third-order valence-corrected chi connectivity index (χ3v) is 6.63. The van der Waals surface area contributed by atoms with Crippen LogP contribution in [-0.2, 0) is 14.4 Å². The second-order valence-corrected chi connectivity index (χ2v) is 8.74. The minimum absolute atomic E-state index is 0.212. The summed E-state index contributed by atoms with van der Waals surface area (Å²) in [5.41, 5.74) is 7.70. The third kappa shape index (κ3) is 5.40. The van der Waals surface area contributed by atoms with Gasteiger partial charge in [-0.05, 0) is 31.4 Å². The number of aromatic nitrogens is 1. The molecule has 1 atom stereocenters. The number of imide groups is 1. The monoisotopic (exact) mass is 428 g/mol. The summed E-state index contributed by atoms with van der Waals surface area (Å²) in [6.45, 7) is 5.88. The number of nitrogens with zero attached hydrogens (tertiary/aromatic N) is 4. The zero-order valence-electron chi connectivity index (χ0n) is 18.0. The van der Waals surface area contributed by atoms with E-state index in [1.807, 2.05) is 17.0 Å². The van der Waals surface area contributed by atoms with Gasteiger partial charge in [-0.2, -0.15) is 0 Å². The fourth-order valence-electron chi connectivity index (χ4n) is 4.59. The zero-order valence-corrected chi connectivity index (χ0v) is 18.0. The van der Waals surface area contributed by atoms with E-state index in [1.54, 1.807) is 6.20 Å².